The molecule has 0 spiro atoms. The van der Waals surface area contributed by atoms with Crippen molar-refractivity contribution in [3.05, 3.63) is 12.7 Å². The van der Waals surface area contributed by atoms with Gasteiger partial charge in [-0.3, -0.25) is 9.59 Å². The monoisotopic (exact) mass is 208 g/mol. The van der Waals surface area contributed by atoms with E-state index < -0.39 is 0 Å². The molecule has 2 bridgehead atoms. The summed E-state index contributed by atoms with van der Waals surface area (Å²) in [6, 6.07) is 0. The first-order valence-electron chi connectivity index (χ1n) is 5.37. The van der Waals surface area contributed by atoms with E-state index in [1.54, 1.807) is 6.08 Å². The smallest absolute Gasteiger partial charge is 0.309 e. The first kappa shape index (κ1) is 10.4. The van der Waals surface area contributed by atoms with Crippen LogP contribution in [0, 0.1) is 17.3 Å². The Kier molecular flexibility index (Phi) is 2.41. The molecule has 0 aliphatic heterocycles. The van der Waals surface area contributed by atoms with Gasteiger partial charge in [0.15, 0.2) is 0 Å². The summed E-state index contributed by atoms with van der Waals surface area (Å²) in [7, 11) is 1.41. The lowest BCUT2D eigenvalue weighted by Gasteiger charge is -2.48. The topological polar surface area (TPSA) is 43.4 Å². The number of Topliss-reactive ketones (excluding diaryl/α,β-unsaturated/α-hetero) is 1. The Labute approximate surface area is 89.5 Å². The first-order valence-corrected chi connectivity index (χ1v) is 5.37. The highest BCUT2D eigenvalue weighted by Crippen LogP contribution is 2.53. The number of rotatable bonds is 2. The van der Waals surface area contributed by atoms with Gasteiger partial charge in [-0.05, 0) is 19.3 Å². The van der Waals surface area contributed by atoms with E-state index in [1.165, 1.54) is 7.11 Å². The molecular formula is C12H16O3. The van der Waals surface area contributed by atoms with Crippen LogP contribution in [0.2, 0.25) is 0 Å². The number of methoxy groups -OCH3 is 1. The summed E-state index contributed by atoms with van der Waals surface area (Å²) in [5.74, 6) is 0.0285. The minimum atomic E-state index is -0.321. The molecule has 15 heavy (non-hydrogen) atoms. The molecular weight excluding hydrogens is 192 g/mol. The highest BCUT2D eigenvalue weighted by atomic mass is 16.5. The summed E-state index contributed by atoms with van der Waals surface area (Å²) in [6.45, 7) is 3.79. The van der Waals surface area contributed by atoms with Crippen molar-refractivity contribution in [2.75, 3.05) is 7.11 Å². The van der Waals surface area contributed by atoms with Gasteiger partial charge in [-0.15, -0.1) is 6.58 Å². The van der Waals surface area contributed by atoms with Crippen LogP contribution in [0.15, 0.2) is 12.7 Å². The predicted octanol–water partition coefficient (Wildman–Crippen LogP) is 1.72. The number of hydrogen-bond donors (Lipinski definition) is 0. The maximum atomic E-state index is 11.7. The summed E-state index contributed by atoms with van der Waals surface area (Å²) in [6.07, 6.45) is 4.71. The second kappa shape index (κ2) is 3.47. The van der Waals surface area contributed by atoms with E-state index in [0.717, 1.165) is 12.8 Å². The highest BCUT2D eigenvalue weighted by Gasteiger charge is 2.53. The van der Waals surface area contributed by atoms with Gasteiger partial charge in [0, 0.05) is 17.8 Å². The van der Waals surface area contributed by atoms with E-state index in [2.05, 4.69) is 6.58 Å². The van der Waals surface area contributed by atoms with Crippen molar-refractivity contribution >= 4 is 11.8 Å². The lowest BCUT2D eigenvalue weighted by Crippen LogP contribution is -2.49. The van der Waals surface area contributed by atoms with E-state index in [4.69, 9.17) is 4.74 Å². The minimum absolute atomic E-state index is 0.0796. The van der Waals surface area contributed by atoms with Gasteiger partial charge in [0.25, 0.3) is 0 Å². The van der Waals surface area contributed by atoms with Crippen LogP contribution in [-0.4, -0.2) is 18.9 Å². The second-order valence-corrected chi connectivity index (χ2v) is 4.63. The van der Waals surface area contributed by atoms with Gasteiger partial charge in [0.1, 0.15) is 5.78 Å². The first-order chi connectivity index (χ1) is 7.13. The quantitative estimate of drug-likeness (QED) is 0.512. The lowest BCUT2D eigenvalue weighted by molar-refractivity contribution is -0.158. The lowest BCUT2D eigenvalue weighted by atomic mass is 9.54. The molecule has 3 aliphatic rings. The van der Waals surface area contributed by atoms with Crippen molar-refractivity contribution in [2.24, 2.45) is 17.3 Å². The number of ether oxygens (including phenoxy) is 1. The standard InChI is InChI=1S/C12H16O3/c1-3-12-5-4-8(10(13)7-12)6-9(12)11(14)15-2/h3,8-9H,1,4-7H2,2H3. The van der Waals surface area contributed by atoms with Crippen LogP contribution in [0.25, 0.3) is 0 Å². The largest absolute Gasteiger partial charge is 0.469 e. The van der Waals surface area contributed by atoms with Crippen molar-refractivity contribution in [3.8, 4) is 0 Å². The molecule has 3 fully saturated rings. The molecule has 3 rings (SSSR count). The molecule has 0 heterocycles. The van der Waals surface area contributed by atoms with Gasteiger partial charge in [-0.2, -0.15) is 0 Å². The Hall–Kier alpha value is -1.12. The summed E-state index contributed by atoms with van der Waals surface area (Å²) in [5, 5.41) is 0. The zero-order chi connectivity index (χ0) is 11.1. The number of esters is 1. The van der Waals surface area contributed by atoms with Gasteiger partial charge in [-0.25, -0.2) is 0 Å². The molecule has 0 aromatic heterocycles. The van der Waals surface area contributed by atoms with Crippen LogP contribution in [-0.2, 0) is 14.3 Å². The summed E-state index contributed by atoms with van der Waals surface area (Å²) in [4.78, 5) is 23.3. The molecule has 0 aromatic rings. The summed E-state index contributed by atoms with van der Waals surface area (Å²) < 4.78 is 4.81. The molecule has 3 unspecified atom stereocenters. The van der Waals surface area contributed by atoms with E-state index in [-0.39, 0.29) is 23.2 Å². The SMILES string of the molecule is C=CC12CCC(CC1C(=O)OC)C(=O)C2. The number of allylic oxidation sites excluding steroid dienone is 1. The zero-order valence-electron chi connectivity index (χ0n) is 8.99. The van der Waals surface area contributed by atoms with Crippen LogP contribution in [0.3, 0.4) is 0 Å². The molecule has 3 aliphatic carbocycles. The number of carbonyl (C=O) groups is 2. The van der Waals surface area contributed by atoms with Crippen LogP contribution < -0.4 is 0 Å². The molecule has 82 valence electrons. The van der Waals surface area contributed by atoms with Crippen LogP contribution in [0.4, 0.5) is 0 Å². The number of carbonyl (C=O) groups excluding carboxylic acids is 2. The fourth-order valence-electron chi connectivity index (χ4n) is 3.02. The van der Waals surface area contributed by atoms with E-state index in [9.17, 15) is 9.59 Å². The fraction of sp³-hybridized carbons (Fsp3) is 0.667. The Morgan fingerprint density at radius 3 is 2.93 bits per heavy atom. The van der Waals surface area contributed by atoms with Gasteiger partial charge in [0.2, 0.25) is 0 Å². The fourth-order valence-corrected chi connectivity index (χ4v) is 3.02. The third-order valence-electron chi connectivity index (χ3n) is 4.02. The molecule has 0 N–H and O–H groups in total. The molecule has 3 atom stereocenters. The van der Waals surface area contributed by atoms with E-state index in [1.807, 2.05) is 0 Å². The Balaban J connectivity index is 2.31. The van der Waals surface area contributed by atoms with Crippen LogP contribution >= 0.6 is 0 Å². The third-order valence-corrected chi connectivity index (χ3v) is 4.02. The summed E-state index contributed by atoms with van der Waals surface area (Å²) in [5.41, 5.74) is -0.321. The van der Waals surface area contributed by atoms with E-state index >= 15 is 0 Å². The van der Waals surface area contributed by atoms with Crippen molar-refractivity contribution in [2.45, 2.75) is 25.7 Å². The highest BCUT2D eigenvalue weighted by molar-refractivity contribution is 5.87. The van der Waals surface area contributed by atoms with Crippen molar-refractivity contribution in [3.63, 3.8) is 0 Å². The van der Waals surface area contributed by atoms with E-state index in [0.29, 0.717) is 18.6 Å². The minimum Gasteiger partial charge on any atom is -0.469 e. The zero-order valence-corrected chi connectivity index (χ0v) is 8.99. The second-order valence-electron chi connectivity index (χ2n) is 4.63. The van der Waals surface area contributed by atoms with Gasteiger partial charge in [0.05, 0.1) is 13.0 Å². The summed E-state index contributed by atoms with van der Waals surface area (Å²) >= 11 is 0. The van der Waals surface area contributed by atoms with Gasteiger partial charge in [-0.1, -0.05) is 6.08 Å². The Bertz CT molecular complexity index is 321. The Morgan fingerprint density at radius 1 is 1.67 bits per heavy atom. The van der Waals surface area contributed by atoms with Crippen molar-refractivity contribution < 1.29 is 14.3 Å². The molecule has 3 heteroatoms. The maximum Gasteiger partial charge on any atom is 0.309 e. The van der Waals surface area contributed by atoms with Crippen molar-refractivity contribution in [1.82, 2.24) is 0 Å². The van der Waals surface area contributed by atoms with Crippen LogP contribution in [0.1, 0.15) is 25.7 Å². The van der Waals surface area contributed by atoms with Gasteiger partial charge >= 0.3 is 5.97 Å². The molecule has 3 saturated carbocycles. The molecule has 0 radical (unpaired) electrons. The maximum absolute atomic E-state index is 11.7. The average Bonchev–Trinajstić information content (AvgIpc) is 2.28. The van der Waals surface area contributed by atoms with Crippen molar-refractivity contribution in [1.29, 1.82) is 0 Å². The Morgan fingerprint density at radius 2 is 2.40 bits per heavy atom. The number of hydrogen-bond acceptors (Lipinski definition) is 3. The molecule has 0 aromatic carbocycles. The number of ketones is 1. The predicted molar refractivity (Wildman–Crippen MR) is 55.1 cm³/mol. The average molecular weight is 208 g/mol. The molecule has 0 amide bonds. The van der Waals surface area contributed by atoms with Crippen LogP contribution in [0.5, 0.6) is 0 Å². The molecule has 0 saturated heterocycles. The van der Waals surface area contributed by atoms with Gasteiger partial charge < -0.3 is 4.74 Å². The number of fused-ring (bicyclic) bond motifs is 3. The third kappa shape index (κ3) is 1.41. The normalized spacial score (nSPS) is 38.9. The molecule has 3 nitrogen and oxygen atoms in total.